The van der Waals surface area contributed by atoms with E-state index in [1.165, 1.54) is 6.08 Å². The Morgan fingerprint density at radius 3 is 2.62 bits per heavy atom. The van der Waals surface area contributed by atoms with Crippen molar-refractivity contribution in [1.29, 1.82) is 10.5 Å². The predicted molar refractivity (Wildman–Crippen MR) is 87.5 cm³/mol. The molecule has 2 unspecified atom stereocenters. The SMILES string of the molecule is C=CC1CC(C#N)(C#N)C(CCc2ccccc2)(C(=O)OCC)O1. The molecule has 5 nitrogen and oxygen atoms in total. The molecule has 1 aliphatic rings. The number of aryl methyl sites for hydroxylation is 1. The minimum absolute atomic E-state index is 0.108. The third-order valence-corrected chi connectivity index (χ3v) is 4.41. The van der Waals surface area contributed by atoms with E-state index in [4.69, 9.17) is 9.47 Å². The molecule has 124 valence electrons. The Labute approximate surface area is 142 Å². The molecule has 0 radical (unpaired) electrons. The Bertz CT molecular complexity index is 673. The minimum Gasteiger partial charge on any atom is -0.464 e. The summed E-state index contributed by atoms with van der Waals surface area (Å²) in [7, 11) is 0. The first kappa shape index (κ1) is 17.7. The highest BCUT2D eigenvalue weighted by Gasteiger charge is 2.65. The first-order valence-corrected chi connectivity index (χ1v) is 7.91. The molecule has 0 bridgehead atoms. The van der Waals surface area contributed by atoms with Gasteiger partial charge in [0, 0.05) is 6.42 Å². The van der Waals surface area contributed by atoms with E-state index in [1.807, 2.05) is 42.5 Å². The number of esters is 1. The van der Waals surface area contributed by atoms with Crippen molar-refractivity contribution in [2.75, 3.05) is 6.61 Å². The van der Waals surface area contributed by atoms with Gasteiger partial charge in [-0.15, -0.1) is 6.58 Å². The summed E-state index contributed by atoms with van der Waals surface area (Å²) in [6, 6.07) is 13.6. The maximum Gasteiger partial charge on any atom is 0.341 e. The number of hydrogen-bond donors (Lipinski definition) is 0. The largest absolute Gasteiger partial charge is 0.464 e. The summed E-state index contributed by atoms with van der Waals surface area (Å²) in [5, 5.41) is 19.4. The Balaban J connectivity index is 2.42. The van der Waals surface area contributed by atoms with Crippen LogP contribution in [-0.2, 0) is 20.7 Å². The van der Waals surface area contributed by atoms with Crippen LogP contribution in [0.25, 0.3) is 0 Å². The van der Waals surface area contributed by atoms with Gasteiger partial charge in [0.05, 0.1) is 24.8 Å². The molecule has 1 aliphatic heterocycles. The van der Waals surface area contributed by atoms with Crippen molar-refractivity contribution >= 4 is 5.97 Å². The van der Waals surface area contributed by atoms with Gasteiger partial charge in [-0.25, -0.2) is 4.79 Å². The molecule has 0 saturated carbocycles. The quantitative estimate of drug-likeness (QED) is 0.593. The van der Waals surface area contributed by atoms with Crippen LogP contribution >= 0.6 is 0 Å². The van der Waals surface area contributed by atoms with Crippen molar-refractivity contribution in [3.05, 3.63) is 48.6 Å². The molecule has 0 amide bonds. The average Bonchev–Trinajstić information content (AvgIpc) is 2.96. The zero-order chi connectivity index (χ0) is 17.6. The fourth-order valence-corrected chi connectivity index (χ4v) is 3.11. The summed E-state index contributed by atoms with van der Waals surface area (Å²) in [6.07, 6.45) is 1.78. The van der Waals surface area contributed by atoms with Gasteiger partial charge in [-0.1, -0.05) is 36.4 Å². The normalized spacial score (nSPS) is 24.5. The Hall–Kier alpha value is -2.63. The Morgan fingerprint density at radius 1 is 1.42 bits per heavy atom. The van der Waals surface area contributed by atoms with Crippen LogP contribution in [-0.4, -0.2) is 24.3 Å². The lowest BCUT2D eigenvalue weighted by atomic mass is 9.70. The van der Waals surface area contributed by atoms with Crippen molar-refractivity contribution in [3.63, 3.8) is 0 Å². The lowest BCUT2D eigenvalue weighted by Crippen LogP contribution is -2.52. The molecule has 2 rings (SSSR count). The van der Waals surface area contributed by atoms with Gasteiger partial charge < -0.3 is 9.47 Å². The van der Waals surface area contributed by atoms with Crippen LogP contribution < -0.4 is 0 Å². The number of carbonyl (C=O) groups is 1. The summed E-state index contributed by atoms with van der Waals surface area (Å²) >= 11 is 0. The summed E-state index contributed by atoms with van der Waals surface area (Å²) in [4.78, 5) is 12.7. The minimum atomic E-state index is -1.61. The molecule has 1 aromatic carbocycles. The van der Waals surface area contributed by atoms with Gasteiger partial charge in [-0.2, -0.15) is 10.5 Å². The van der Waals surface area contributed by atoms with Gasteiger partial charge in [0.2, 0.25) is 0 Å². The zero-order valence-corrected chi connectivity index (χ0v) is 13.7. The number of nitriles is 2. The number of ether oxygens (including phenoxy) is 2. The molecule has 1 fully saturated rings. The molecule has 0 spiro atoms. The van der Waals surface area contributed by atoms with E-state index in [2.05, 4.69) is 6.58 Å². The van der Waals surface area contributed by atoms with Crippen LogP contribution in [0.3, 0.4) is 0 Å². The molecule has 0 aliphatic carbocycles. The van der Waals surface area contributed by atoms with Crippen molar-refractivity contribution in [3.8, 4) is 12.1 Å². The first-order valence-electron chi connectivity index (χ1n) is 7.91. The second-order valence-corrected chi connectivity index (χ2v) is 5.76. The van der Waals surface area contributed by atoms with Gasteiger partial charge in [0.25, 0.3) is 0 Å². The summed E-state index contributed by atoms with van der Waals surface area (Å²) < 4.78 is 11.1. The number of nitrogens with zero attached hydrogens (tertiary/aromatic N) is 2. The number of benzene rings is 1. The third kappa shape index (κ3) is 2.91. The molecule has 0 aromatic heterocycles. The second-order valence-electron chi connectivity index (χ2n) is 5.76. The fraction of sp³-hybridized carbons (Fsp3) is 0.421. The average molecular weight is 324 g/mol. The second kappa shape index (κ2) is 7.29. The van der Waals surface area contributed by atoms with E-state index in [1.54, 1.807) is 6.92 Å². The third-order valence-electron chi connectivity index (χ3n) is 4.41. The smallest absolute Gasteiger partial charge is 0.341 e. The van der Waals surface area contributed by atoms with E-state index in [9.17, 15) is 15.3 Å². The molecule has 0 N–H and O–H groups in total. The lowest BCUT2D eigenvalue weighted by Gasteiger charge is -2.33. The number of hydrogen-bond acceptors (Lipinski definition) is 5. The van der Waals surface area contributed by atoms with Crippen LogP contribution in [0.1, 0.15) is 25.3 Å². The summed E-state index contributed by atoms with van der Waals surface area (Å²) in [6.45, 7) is 5.51. The Kier molecular flexibility index (Phi) is 5.39. The number of carbonyl (C=O) groups excluding carboxylic acids is 1. The van der Waals surface area contributed by atoms with Gasteiger partial charge in [-0.05, 0) is 25.3 Å². The highest BCUT2D eigenvalue weighted by molar-refractivity contribution is 5.83. The van der Waals surface area contributed by atoms with Crippen LogP contribution in [0, 0.1) is 28.1 Å². The molecule has 1 saturated heterocycles. The fourth-order valence-electron chi connectivity index (χ4n) is 3.11. The van der Waals surface area contributed by atoms with Gasteiger partial charge >= 0.3 is 5.97 Å². The summed E-state index contributed by atoms with van der Waals surface area (Å²) in [5.41, 5.74) is -2.20. The molecular weight excluding hydrogens is 304 g/mol. The van der Waals surface area contributed by atoms with Gasteiger partial charge in [-0.3, -0.25) is 0 Å². The zero-order valence-electron chi connectivity index (χ0n) is 13.7. The van der Waals surface area contributed by atoms with Crippen LogP contribution in [0.4, 0.5) is 0 Å². The van der Waals surface area contributed by atoms with Crippen molar-refractivity contribution in [2.45, 2.75) is 37.9 Å². The van der Waals surface area contributed by atoms with Crippen molar-refractivity contribution in [1.82, 2.24) is 0 Å². The van der Waals surface area contributed by atoms with Gasteiger partial charge in [0.1, 0.15) is 0 Å². The van der Waals surface area contributed by atoms with Crippen LogP contribution in [0.5, 0.6) is 0 Å². The Morgan fingerprint density at radius 2 is 2.08 bits per heavy atom. The molecule has 2 atom stereocenters. The standard InChI is InChI=1S/C19H20N2O3/c1-3-16-12-18(13-20,14-21)19(24-16,17(22)23-4-2)11-10-15-8-6-5-7-9-15/h3,5-9,16H,1,4,10-12H2,2H3. The molecular formula is C19H20N2O3. The van der Waals surface area contributed by atoms with Gasteiger partial charge in [0.15, 0.2) is 11.0 Å². The van der Waals surface area contributed by atoms with Crippen molar-refractivity contribution in [2.24, 2.45) is 5.41 Å². The van der Waals surface area contributed by atoms with E-state index in [-0.39, 0.29) is 19.4 Å². The van der Waals surface area contributed by atoms with E-state index >= 15 is 0 Å². The lowest BCUT2D eigenvalue weighted by molar-refractivity contribution is -0.175. The first-order chi connectivity index (χ1) is 11.6. The molecule has 1 heterocycles. The number of rotatable bonds is 6. The predicted octanol–water partition coefficient (Wildman–Crippen LogP) is 2.93. The topological polar surface area (TPSA) is 83.1 Å². The van der Waals surface area contributed by atoms with Crippen molar-refractivity contribution < 1.29 is 14.3 Å². The maximum absolute atomic E-state index is 12.7. The molecule has 5 heteroatoms. The van der Waals surface area contributed by atoms with E-state index in [0.717, 1.165) is 5.56 Å². The summed E-state index contributed by atoms with van der Waals surface area (Å²) in [5.74, 6) is -0.659. The maximum atomic E-state index is 12.7. The monoisotopic (exact) mass is 324 g/mol. The van der Waals surface area contributed by atoms with Crippen LogP contribution in [0.15, 0.2) is 43.0 Å². The van der Waals surface area contributed by atoms with E-state index < -0.39 is 23.1 Å². The molecule has 24 heavy (non-hydrogen) atoms. The van der Waals surface area contributed by atoms with E-state index in [0.29, 0.717) is 6.42 Å². The van der Waals surface area contributed by atoms with Crippen LogP contribution in [0.2, 0.25) is 0 Å². The molecule has 1 aromatic rings. The highest BCUT2D eigenvalue weighted by Crippen LogP contribution is 2.49. The highest BCUT2D eigenvalue weighted by atomic mass is 16.6.